The molecule has 0 saturated heterocycles. The Kier molecular flexibility index (Phi) is 4.50. The molecule has 1 aliphatic heterocycles. The second-order valence-corrected chi connectivity index (χ2v) is 7.75. The molecule has 0 spiro atoms. The van der Waals surface area contributed by atoms with Crippen LogP contribution in [0.25, 0.3) is 6.08 Å². The molecule has 0 N–H and O–H groups in total. The summed E-state index contributed by atoms with van der Waals surface area (Å²) < 4.78 is 2.42. The lowest BCUT2D eigenvalue weighted by atomic mass is 9.96. The summed E-state index contributed by atoms with van der Waals surface area (Å²) in [6.45, 7) is 0. The number of nitrogens with zero attached hydrogens (tertiary/aromatic N) is 3. The summed E-state index contributed by atoms with van der Waals surface area (Å²) in [7, 11) is 0. The fourth-order valence-corrected chi connectivity index (χ4v) is 4.47. The second-order valence-electron chi connectivity index (χ2n) is 6.74. The number of aromatic nitrogens is 1. The van der Waals surface area contributed by atoms with E-state index < -0.39 is 0 Å². The van der Waals surface area contributed by atoms with E-state index in [2.05, 4.69) is 10.2 Å². The summed E-state index contributed by atoms with van der Waals surface area (Å²) in [4.78, 5) is 14.0. The first kappa shape index (κ1) is 17.5. The van der Waals surface area contributed by atoms with Crippen LogP contribution in [0.1, 0.15) is 22.7 Å². The molecule has 0 aliphatic carbocycles. The average molecular weight is 395 g/mol. The maximum Gasteiger partial charge on any atom is 0.271 e. The maximum absolute atomic E-state index is 13.4. The van der Waals surface area contributed by atoms with E-state index in [4.69, 9.17) is 0 Å². The minimum Gasteiger partial charge on any atom is -0.268 e. The van der Waals surface area contributed by atoms with Gasteiger partial charge >= 0.3 is 0 Å². The molecule has 4 nitrogen and oxygen atoms in total. The Morgan fingerprint density at radius 2 is 1.41 bits per heavy atom. The summed E-state index contributed by atoms with van der Waals surface area (Å²) in [5, 5.41) is 8.94. The predicted octanol–water partition coefficient (Wildman–Crippen LogP) is 3.37. The molecule has 1 atom stereocenters. The van der Waals surface area contributed by atoms with Gasteiger partial charge < -0.3 is 0 Å². The molecule has 0 saturated carbocycles. The maximum atomic E-state index is 13.4. The molecule has 1 aromatic heterocycles. The average Bonchev–Trinajstić information content (AvgIpc) is 3.10. The minimum atomic E-state index is -0.312. The van der Waals surface area contributed by atoms with Gasteiger partial charge in [-0.2, -0.15) is 0 Å². The number of rotatable bonds is 3. The van der Waals surface area contributed by atoms with Crippen molar-refractivity contribution in [1.82, 2.24) is 4.57 Å². The van der Waals surface area contributed by atoms with Gasteiger partial charge in [0, 0.05) is 5.56 Å². The molecule has 5 heteroatoms. The van der Waals surface area contributed by atoms with Crippen LogP contribution < -0.4 is 14.9 Å². The molecule has 140 valence electrons. The molecule has 3 aromatic carbocycles. The third-order valence-electron chi connectivity index (χ3n) is 4.88. The number of hydrogen-bond donors (Lipinski definition) is 0. The van der Waals surface area contributed by atoms with Gasteiger partial charge in [0.2, 0.25) is 4.80 Å². The first-order valence-electron chi connectivity index (χ1n) is 9.35. The zero-order valence-electron chi connectivity index (χ0n) is 15.5. The number of hydrogen-bond acceptors (Lipinski definition) is 4. The van der Waals surface area contributed by atoms with Gasteiger partial charge in [0.15, 0.2) is 0 Å². The molecule has 29 heavy (non-hydrogen) atoms. The van der Waals surface area contributed by atoms with Crippen molar-refractivity contribution in [3.8, 4) is 0 Å². The smallest absolute Gasteiger partial charge is 0.268 e. The minimum absolute atomic E-state index is 0.0465. The Bertz CT molecular complexity index is 1350. The van der Waals surface area contributed by atoms with Crippen LogP contribution >= 0.6 is 11.3 Å². The van der Waals surface area contributed by atoms with Crippen LogP contribution in [0.5, 0.6) is 0 Å². The molecular weight excluding hydrogens is 378 g/mol. The Labute approximate surface area is 171 Å². The molecule has 4 aromatic rings. The van der Waals surface area contributed by atoms with Crippen LogP contribution in [-0.2, 0) is 0 Å². The lowest BCUT2D eigenvalue weighted by Crippen LogP contribution is -2.40. The van der Waals surface area contributed by atoms with E-state index in [1.54, 1.807) is 4.57 Å². The molecule has 5 rings (SSSR count). The third kappa shape index (κ3) is 3.26. The predicted molar refractivity (Wildman–Crippen MR) is 117 cm³/mol. The van der Waals surface area contributed by atoms with E-state index in [-0.39, 0.29) is 11.6 Å². The van der Waals surface area contributed by atoms with Gasteiger partial charge in [-0.25, -0.2) is 0 Å². The zero-order chi connectivity index (χ0) is 19.6. The van der Waals surface area contributed by atoms with Gasteiger partial charge in [-0.15, -0.1) is 10.2 Å². The molecule has 0 radical (unpaired) electrons. The van der Waals surface area contributed by atoms with E-state index in [0.29, 0.717) is 9.33 Å². The molecule has 0 amide bonds. The van der Waals surface area contributed by atoms with Crippen LogP contribution in [0.3, 0.4) is 0 Å². The Morgan fingerprint density at radius 1 is 0.793 bits per heavy atom. The van der Waals surface area contributed by atoms with Crippen LogP contribution in [0, 0.1) is 0 Å². The van der Waals surface area contributed by atoms with Crippen molar-refractivity contribution in [2.75, 3.05) is 0 Å². The summed E-state index contributed by atoms with van der Waals surface area (Å²) >= 11 is 1.37. The summed E-state index contributed by atoms with van der Waals surface area (Å²) in [5.74, 6) is 0. The highest BCUT2D eigenvalue weighted by atomic mass is 32.1. The number of benzene rings is 3. The SMILES string of the molecule is O=c1c(=Cc2ccccc2)sc2n1C(c1ccccc1)C(c1ccccc1)=NN=2. The molecule has 0 fully saturated rings. The number of thiazole rings is 1. The molecule has 2 heterocycles. The van der Waals surface area contributed by atoms with Crippen molar-refractivity contribution in [2.45, 2.75) is 6.04 Å². The van der Waals surface area contributed by atoms with Gasteiger partial charge in [0.05, 0.1) is 10.2 Å². The highest BCUT2D eigenvalue weighted by Crippen LogP contribution is 2.23. The van der Waals surface area contributed by atoms with Gasteiger partial charge in [-0.05, 0) is 17.2 Å². The van der Waals surface area contributed by atoms with Crippen LogP contribution in [0.2, 0.25) is 0 Å². The van der Waals surface area contributed by atoms with Crippen LogP contribution in [0.15, 0.2) is 106 Å². The van der Waals surface area contributed by atoms with Crippen molar-refractivity contribution in [1.29, 1.82) is 0 Å². The van der Waals surface area contributed by atoms with E-state index in [0.717, 1.165) is 22.4 Å². The van der Waals surface area contributed by atoms with Crippen molar-refractivity contribution in [3.05, 3.63) is 127 Å². The Balaban J connectivity index is 1.74. The van der Waals surface area contributed by atoms with E-state index >= 15 is 0 Å². The molecule has 0 bridgehead atoms. The van der Waals surface area contributed by atoms with E-state index in [1.807, 2.05) is 97.1 Å². The van der Waals surface area contributed by atoms with Gasteiger partial charge in [-0.1, -0.05) is 102 Å². The summed E-state index contributed by atoms with van der Waals surface area (Å²) in [6.07, 6.45) is 1.91. The van der Waals surface area contributed by atoms with Crippen molar-refractivity contribution < 1.29 is 0 Å². The summed E-state index contributed by atoms with van der Waals surface area (Å²) in [5.41, 5.74) is 3.69. The third-order valence-corrected chi connectivity index (χ3v) is 5.85. The fourth-order valence-electron chi connectivity index (χ4n) is 3.53. The lowest BCUT2D eigenvalue weighted by Gasteiger charge is -2.22. The van der Waals surface area contributed by atoms with Crippen molar-refractivity contribution in [2.24, 2.45) is 10.2 Å². The zero-order valence-corrected chi connectivity index (χ0v) is 16.3. The van der Waals surface area contributed by atoms with Gasteiger partial charge in [0.1, 0.15) is 6.04 Å². The van der Waals surface area contributed by atoms with Crippen LogP contribution in [-0.4, -0.2) is 10.3 Å². The fraction of sp³-hybridized carbons (Fsp3) is 0.0417. The first-order chi connectivity index (χ1) is 14.3. The normalized spacial score (nSPS) is 16.1. The lowest BCUT2D eigenvalue weighted by molar-refractivity contribution is 0.657. The van der Waals surface area contributed by atoms with Crippen LogP contribution in [0.4, 0.5) is 0 Å². The van der Waals surface area contributed by atoms with Crippen molar-refractivity contribution in [3.63, 3.8) is 0 Å². The highest BCUT2D eigenvalue weighted by Gasteiger charge is 2.28. The topological polar surface area (TPSA) is 46.7 Å². The van der Waals surface area contributed by atoms with Gasteiger partial charge in [0.25, 0.3) is 5.56 Å². The number of fused-ring (bicyclic) bond motifs is 1. The molecular formula is C24H17N3OS. The Hall–Kier alpha value is -3.57. The standard InChI is InChI=1S/C24H17N3OS/c28-23-20(16-17-10-4-1-5-11-17)29-24-26-25-21(18-12-6-2-7-13-18)22(27(23)24)19-14-8-3-9-15-19/h1-16,22H. The second kappa shape index (κ2) is 7.45. The Morgan fingerprint density at radius 3 is 2.10 bits per heavy atom. The van der Waals surface area contributed by atoms with E-state index in [9.17, 15) is 4.79 Å². The largest absolute Gasteiger partial charge is 0.271 e. The first-order valence-corrected chi connectivity index (χ1v) is 10.2. The van der Waals surface area contributed by atoms with Gasteiger partial charge in [-0.3, -0.25) is 9.36 Å². The molecule has 1 aliphatic rings. The highest BCUT2D eigenvalue weighted by molar-refractivity contribution is 7.07. The summed E-state index contributed by atoms with van der Waals surface area (Å²) in [6, 6.07) is 29.5. The van der Waals surface area contributed by atoms with Crippen molar-refractivity contribution >= 4 is 23.1 Å². The quantitative estimate of drug-likeness (QED) is 0.525. The van der Waals surface area contributed by atoms with E-state index in [1.165, 1.54) is 11.3 Å². The monoisotopic (exact) mass is 395 g/mol. The molecule has 1 unspecified atom stereocenters.